The highest BCUT2D eigenvalue weighted by Gasteiger charge is 2.33. The monoisotopic (exact) mass is 664 g/mol. The number of fused-ring (bicyclic) bond motifs is 3. The summed E-state index contributed by atoms with van der Waals surface area (Å²) in [7, 11) is 1.66. The van der Waals surface area contributed by atoms with Crippen LogP contribution in [0.5, 0.6) is 0 Å². The molecule has 14 nitrogen and oxygen atoms in total. The Bertz CT molecular complexity index is 2180. The van der Waals surface area contributed by atoms with Crippen LogP contribution in [0.2, 0.25) is 0 Å². The van der Waals surface area contributed by atoms with Gasteiger partial charge < -0.3 is 24.6 Å². The Morgan fingerprint density at radius 1 is 1.06 bits per heavy atom. The molecule has 14 heteroatoms. The number of aliphatic hydroxyl groups excluding tert-OH is 1. The van der Waals surface area contributed by atoms with Gasteiger partial charge in [-0.3, -0.25) is 18.9 Å². The molecule has 2 N–H and O–H groups in total. The molecule has 5 aromatic heterocycles. The van der Waals surface area contributed by atoms with E-state index in [-0.39, 0.29) is 34.1 Å². The third kappa shape index (κ3) is 5.49. The van der Waals surface area contributed by atoms with E-state index in [2.05, 4.69) is 56.2 Å². The van der Waals surface area contributed by atoms with Gasteiger partial charge >= 0.3 is 0 Å². The smallest absolute Gasteiger partial charge is 0.297 e. The number of aliphatic hydroxyl groups is 1. The van der Waals surface area contributed by atoms with E-state index in [1.165, 1.54) is 9.25 Å². The van der Waals surface area contributed by atoms with Crippen LogP contribution in [0.3, 0.4) is 0 Å². The molecule has 5 aromatic rings. The highest BCUT2D eigenvalue weighted by molar-refractivity contribution is 5.73. The summed E-state index contributed by atoms with van der Waals surface area (Å²) in [6, 6.07) is 9.94. The van der Waals surface area contributed by atoms with Gasteiger partial charge in [0, 0.05) is 61.9 Å². The van der Waals surface area contributed by atoms with Crippen LogP contribution in [0, 0.1) is 5.41 Å². The summed E-state index contributed by atoms with van der Waals surface area (Å²) in [6.45, 7) is 10.6. The van der Waals surface area contributed by atoms with Crippen molar-refractivity contribution in [3.05, 3.63) is 86.6 Å². The van der Waals surface area contributed by atoms with Crippen LogP contribution in [0.25, 0.3) is 22.5 Å². The fourth-order valence-electron chi connectivity index (χ4n) is 7.53. The average Bonchev–Trinajstić information content (AvgIpc) is 3.55. The maximum absolute atomic E-state index is 13.7. The predicted molar refractivity (Wildman–Crippen MR) is 185 cm³/mol. The summed E-state index contributed by atoms with van der Waals surface area (Å²) < 4.78 is 9.96. The average molecular weight is 665 g/mol. The summed E-state index contributed by atoms with van der Waals surface area (Å²) in [6.07, 6.45) is 6.68. The minimum Gasteiger partial charge on any atom is -0.392 e. The SMILES string of the molecule is C[C@H]1CN(C2COC2)CCN1c1ccc(Nc2cc(-c3ccnc(-n4ncn5c6c(cc5c4=O)CC(C)(C)C6)c3CO)cn(C)c2=O)nn1. The summed E-state index contributed by atoms with van der Waals surface area (Å²) >= 11 is 0. The fraction of sp³-hybridized carbons (Fsp3) is 0.429. The maximum atomic E-state index is 13.7. The lowest BCUT2D eigenvalue weighted by atomic mass is 9.90. The van der Waals surface area contributed by atoms with E-state index in [4.69, 9.17) is 4.74 Å². The molecule has 0 saturated carbocycles. The molecule has 254 valence electrons. The van der Waals surface area contributed by atoms with E-state index in [0.717, 1.165) is 62.8 Å². The van der Waals surface area contributed by atoms with Gasteiger partial charge in [0.25, 0.3) is 11.1 Å². The Morgan fingerprint density at radius 3 is 2.61 bits per heavy atom. The van der Waals surface area contributed by atoms with Gasteiger partial charge in [-0.25, -0.2) is 4.98 Å². The van der Waals surface area contributed by atoms with E-state index >= 15 is 0 Å². The van der Waals surface area contributed by atoms with Crippen molar-refractivity contribution in [1.29, 1.82) is 0 Å². The third-order valence-electron chi connectivity index (χ3n) is 10.1. The number of nitrogens with zero attached hydrogens (tertiary/aromatic N) is 9. The topological polar surface area (TPSA) is 148 Å². The molecule has 0 unspecified atom stereocenters. The molecular weight excluding hydrogens is 624 g/mol. The second kappa shape index (κ2) is 11.9. The van der Waals surface area contributed by atoms with Crippen LogP contribution in [0.15, 0.2) is 58.6 Å². The van der Waals surface area contributed by atoms with Gasteiger partial charge in [-0.15, -0.1) is 10.2 Å². The van der Waals surface area contributed by atoms with E-state index in [0.29, 0.717) is 34.1 Å². The van der Waals surface area contributed by atoms with Gasteiger partial charge in [0.2, 0.25) is 0 Å². The highest BCUT2D eigenvalue weighted by atomic mass is 16.5. The van der Waals surface area contributed by atoms with Crippen molar-refractivity contribution in [2.24, 2.45) is 12.5 Å². The van der Waals surface area contributed by atoms with Crippen LogP contribution in [0.1, 0.15) is 37.6 Å². The molecule has 0 spiro atoms. The van der Waals surface area contributed by atoms with Crippen molar-refractivity contribution in [2.45, 2.75) is 52.3 Å². The standard InChI is InChI=1S/C35H40N10O4/c1-21-15-42(24-18-49-19-24)9-10-43(21)31-6-5-30(39-40-31)38-27-11-23(16-41(4)33(27)47)25-7-8-36-32(26(25)17-46)45-34(48)28-12-22-13-35(2,3)14-29(22)44(28)20-37-45/h5-8,11-12,16,20-21,24,46H,9-10,13-15,17-19H2,1-4H3,(H,38,39)/t21-/m0/s1. The van der Waals surface area contributed by atoms with Crippen molar-refractivity contribution < 1.29 is 9.84 Å². The number of nitrogens with one attached hydrogen (secondary N) is 1. The molecule has 2 aliphatic heterocycles. The number of hydrogen-bond acceptors (Lipinski definition) is 11. The third-order valence-corrected chi connectivity index (χ3v) is 10.1. The second-order valence-corrected chi connectivity index (χ2v) is 14.2. The molecule has 1 aliphatic carbocycles. The van der Waals surface area contributed by atoms with Crippen molar-refractivity contribution in [3.63, 3.8) is 0 Å². The van der Waals surface area contributed by atoms with E-state index in [1.54, 1.807) is 37.9 Å². The molecule has 2 saturated heterocycles. The van der Waals surface area contributed by atoms with Gasteiger partial charge in [-0.05, 0) is 66.6 Å². The summed E-state index contributed by atoms with van der Waals surface area (Å²) in [4.78, 5) is 36.2. The lowest BCUT2D eigenvalue weighted by Crippen LogP contribution is -2.59. The molecule has 0 aromatic carbocycles. The molecular formula is C35H40N10O4. The Labute approximate surface area is 282 Å². The number of piperazine rings is 1. The molecule has 1 atom stereocenters. The minimum absolute atomic E-state index is 0.139. The van der Waals surface area contributed by atoms with Crippen molar-refractivity contribution in [1.82, 2.24) is 38.8 Å². The molecule has 3 aliphatic rings. The quantitative estimate of drug-likeness (QED) is 0.264. The molecule has 7 heterocycles. The Balaban J connectivity index is 1.07. The van der Waals surface area contributed by atoms with E-state index in [9.17, 15) is 14.7 Å². The zero-order valence-corrected chi connectivity index (χ0v) is 28.1. The first-order chi connectivity index (χ1) is 23.6. The molecule has 0 radical (unpaired) electrons. The predicted octanol–water partition coefficient (Wildman–Crippen LogP) is 2.31. The first-order valence-electron chi connectivity index (χ1n) is 16.7. The first kappa shape index (κ1) is 31.4. The summed E-state index contributed by atoms with van der Waals surface area (Å²) in [5.74, 6) is 1.45. The second-order valence-electron chi connectivity index (χ2n) is 14.2. The number of anilines is 3. The Kier molecular flexibility index (Phi) is 7.61. The minimum atomic E-state index is -0.400. The number of hydrogen-bond donors (Lipinski definition) is 2. The molecule has 49 heavy (non-hydrogen) atoms. The van der Waals surface area contributed by atoms with Gasteiger partial charge in [-0.1, -0.05) is 13.8 Å². The van der Waals surface area contributed by atoms with Crippen LogP contribution in [-0.4, -0.2) is 88.9 Å². The molecule has 2 fully saturated rings. The number of aromatic nitrogens is 7. The van der Waals surface area contributed by atoms with Gasteiger partial charge in [0.1, 0.15) is 17.5 Å². The van der Waals surface area contributed by atoms with Gasteiger partial charge in [0.05, 0.1) is 25.9 Å². The first-order valence-corrected chi connectivity index (χ1v) is 16.7. The zero-order chi connectivity index (χ0) is 34.0. The van der Waals surface area contributed by atoms with Crippen LogP contribution in [0.4, 0.5) is 17.3 Å². The molecule has 0 bridgehead atoms. The zero-order valence-electron chi connectivity index (χ0n) is 28.1. The Hall–Kier alpha value is -4.92. The maximum Gasteiger partial charge on any atom is 0.297 e. The van der Waals surface area contributed by atoms with Gasteiger partial charge in [0.15, 0.2) is 17.5 Å². The highest BCUT2D eigenvalue weighted by Crippen LogP contribution is 2.37. The van der Waals surface area contributed by atoms with Crippen LogP contribution in [-0.2, 0) is 31.2 Å². The molecule has 0 amide bonds. The lowest BCUT2D eigenvalue weighted by Gasteiger charge is -2.45. The van der Waals surface area contributed by atoms with Crippen LogP contribution >= 0.6 is 0 Å². The van der Waals surface area contributed by atoms with Crippen molar-refractivity contribution in [2.75, 3.05) is 43.1 Å². The van der Waals surface area contributed by atoms with Crippen molar-refractivity contribution in [3.8, 4) is 16.9 Å². The summed E-state index contributed by atoms with van der Waals surface area (Å²) in [5.41, 5.74) is 4.31. The number of rotatable bonds is 7. The van der Waals surface area contributed by atoms with Crippen molar-refractivity contribution >= 4 is 22.8 Å². The van der Waals surface area contributed by atoms with E-state index < -0.39 is 6.61 Å². The number of aryl methyl sites for hydroxylation is 1. The lowest BCUT2D eigenvalue weighted by molar-refractivity contribution is -0.0692. The Morgan fingerprint density at radius 2 is 1.90 bits per heavy atom. The van der Waals surface area contributed by atoms with E-state index in [1.807, 2.05) is 22.6 Å². The summed E-state index contributed by atoms with van der Waals surface area (Å²) in [5, 5.41) is 27.1. The fourth-order valence-corrected chi connectivity index (χ4v) is 7.53. The molecule has 8 rings (SSSR count). The van der Waals surface area contributed by atoms with Crippen LogP contribution < -0.4 is 21.3 Å². The normalized spacial score (nSPS) is 19.3. The number of ether oxygens (including phenoxy) is 1. The number of pyridine rings is 2. The largest absolute Gasteiger partial charge is 0.392 e. The van der Waals surface area contributed by atoms with Gasteiger partial charge in [-0.2, -0.15) is 9.78 Å².